The van der Waals surface area contributed by atoms with Gasteiger partial charge in [-0.1, -0.05) is 60.7 Å². The Labute approximate surface area is 170 Å². The lowest BCUT2D eigenvalue weighted by Gasteiger charge is -2.28. The second-order valence-corrected chi connectivity index (χ2v) is 7.15. The number of para-hydroxylation sites is 3. The van der Waals surface area contributed by atoms with Gasteiger partial charge in [0.05, 0.1) is 17.9 Å². The molecule has 3 aromatic rings. The largest absolute Gasteiger partial charge is 0.376 e. The van der Waals surface area contributed by atoms with Gasteiger partial charge >= 0.3 is 0 Å². The van der Waals surface area contributed by atoms with Gasteiger partial charge in [0.1, 0.15) is 0 Å². The Hall–Kier alpha value is -3.60. The maximum Gasteiger partial charge on any atom is 0.246 e. The summed E-state index contributed by atoms with van der Waals surface area (Å²) in [4.78, 5) is 27.0. The molecule has 1 unspecified atom stereocenters. The molecule has 0 spiro atoms. The van der Waals surface area contributed by atoms with E-state index in [1.165, 1.54) is 0 Å². The van der Waals surface area contributed by atoms with Crippen molar-refractivity contribution in [2.24, 2.45) is 0 Å². The molecular weight excluding hydrogens is 362 g/mol. The minimum Gasteiger partial charge on any atom is -0.376 e. The van der Waals surface area contributed by atoms with Crippen LogP contribution in [-0.4, -0.2) is 24.4 Å². The van der Waals surface area contributed by atoms with Gasteiger partial charge in [0.2, 0.25) is 11.8 Å². The summed E-state index contributed by atoms with van der Waals surface area (Å²) < 4.78 is 0. The van der Waals surface area contributed by atoms with E-state index in [1.54, 1.807) is 4.90 Å². The second-order valence-electron chi connectivity index (χ2n) is 7.15. The maximum atomic E-state index is 13.2. The first-order chi connectivity index (χ1) is 14.1. The average Bonchev–Trinajstić information content (AvgIpc) is 2.87. The summed E-state index contributed by atoms with van der Waals surface area (Å²) in [6, 6.07) is 25.2. The van der Waals surface area contributed by atoms with E-state index in [2.05, 4.69) is 10.6 Å². The number of nitrogens with zero attached hydrogens (tertiary/aromatic N) is 1. The van der Waals surface area contributed by atoms with Crippen molar-refractivity contribution in [2.45, 2.75) is 19.4 Å². The first kappa shape index (κ1) is 18.7. The van der Waals surface area contributed by atoms with Gasteiger partial charge in [0, 0.05) is 23.7 Å². The Balaban J connectivity index is 1.57. The molecule has 146 valence electrons. The first-order valence-corrected chi connectivity index (χ1v) is 9.73. The maximum absolute atomic E-state index is 13.2. The van der Waals surface area contributed by atoms with Crippen molar-refractivity contribution in [2.75, 3.05) is 22.1 Å². The zero-order valence-corrected chi connectivity index (χ0v) is 16.3. The minimum absolute atomic E-state index is 0.0793. The van der Waals surface area contributed by atoms with Gasteiger partial charge < -0.3 is 15.5 Å². The van der Waals surface area contributed by atoms with E-state index in [1.807, 2.05) is 85.8 Å². The normalized spacial score (nSPS) is 15.8. The van der Waals surface area contributed by atoms with E-state index in [0.29, 0.717) is 5.69 Å². The van der Waals surface area contributed by atoms with Crippen molar-refractivity contribution in [3.63, 3.8) is 0 Å². The van der Waals surface area contributed by atoms with Crippen LogP contribution < -0.4 is 15.5 Å². The van der Waals surface area contributed by atoms with E-state index in [0.717, 1.165) is 22.5 Å². The highest BCUT2D eigenvalue weighted by Crippen LogP contribution is 2.32. The lowest BCUT2D eigenvalue weighted by atomic mass is 10.0. The van der Waals surface area contributed by atoms with E-state index in [4.69, 9.17) is 0 Å². The molecule has 2 N–H and O–H groups in total. The topological polar surface area (TPSA) is 61.4 Å². The highest BCUT2D eigenvalue weighted by atomic mass is 16.2. The van der Waals surface area contributed by atoms with Crippen LogP contribution in [0.1, 0.15) is 13.3 Å². The van der Waals surface area contributed by atoms with E-state index in [9.17, 15) is 9.59 Å². The summed E-state index contributed by atoms with van der Waals surface area (Å²) in [5.41, 5.74) is 4.43. The van der Waals surface area contributed by atoms with Crippen LogP contribution in [0.5, 0.6) is 0 Å². The summed E-state index contributed by atoms with van der Waals surface area (Å²) in [5.74, 6) is -0.160. The van der Waals surface area contributed by atoms with E-state index >= 15 is 0 Å². The molecular formula is C24H23N3O2. The average molecular weight is 385 g/mol. The third-order valence-electron chi connectivity index (χ3n) is 5.07. The smallest absolute Gasteiger partial charge is 0.246 e. The Morgan fingerprint density at radius 3 is 2.52 bits per heavy atom. The molecule has 5 nitrogen and oxygen atoms in total. The zero-order chi connectivity index (χ0) is 20.2. The monoisotopic (exact) mass is 385 g/mol. The van der Waals surface area contributed by atoms with Crippen LogP contribution in [0, 0.1) is 0 Å². The molecule has 5 heteroatoms. The van der Waals surface area contributed by atoms with Gasteiger partial charge in [-0.05, 0) is 30.7 Å². The fraction of sp³-hybridized carbons (Fsp3) is 0.167. The van der Waals surface area contributed by atoms with Crippen LogP contribution in [0.3, 0.4) is 0 Å². The number of benzene rings is 3. The third kappa shape index (κ3) is 3.99. The summed E-state index contributed by atoms with van der Waals surface area (Å²) >= 11 is 0. The number of amides is 2. The molecule has 1 atom stereocenters. The lowest BCUT2D eigenvalue weighted by Crippen LogP contribution is -2.42. The fourth-order valence-corrected chi connectivity index (χ4v) is 3.73. The molecule has 0 aromatic heterocycles. The van der Waals surface area contributed by atoms with Crippen LogP contribution in [0.2, 0.25) is 0 Å². The summed E-state index contributed by atoms with van der Waals surface area (Å²) in [7, 11) is 0. The quantitative estimate of drug-likeness (QED) is 0.694. The van der Waals surface area contributed by atoms with Gasteiger partial charge in [-0.3, -0.25) is 9.59 Å². The Kier molecular flexibility index (Phi) is 5.29. The molecule has 0 fully saturated rings. The van der Waals surface area contributed by atoms with Crippen molar-refractivity contribution in [1.82, 2.24) is 0 Å². The van der Waals surface area contributed by atoms with Crippen molar-refractivity contribution in [1.29, 1.82) is 0 Å². The van der Waals surface area contributed by atoms with Gasteiger partial charge in [0.25, 0.3) is 0 Å². The van der Waals surface area contributed by atoms with Crippen molar-refractivity contribution in [3.8, 4) is 11.1 Å². The van der Waals surface area contributed by atoms with Crippen LogP contribution in [-0.2, 0) is 9.59 Å². The highest BCUT2D eigenvalue weighted by Gasteiger charge is 2.29. The molecule has 1 aliphatic heterocycles. The van der Waals surface area contributed by atoms with Crippen LogP contribution in [0.15, 0.2) is 78.9 Å². The highest BCUT2D eigenvalue weighted by molar-refractivity contribution is 6.05. The summed E-state index contributed by atoms with van der Waals surface area (Å²) in [5, 5.41) is 6.18. The first-order valence-electron chi connectivity index (χ1n) is 9.73. The predicted molar refractivity (Wildman–Crippen MR) is 117 cm³/mol. The molecule has 0 bridgehead atoms. The number of fused-ring (bicyclic) bond motifs is 1. The summed E-state index contributed by atoms with van der Waals surface area (Å²) in [6.45, 7) is 2.04. The third-order valence-corrected chi connectivity index (χ3v) is 5.07. The Morgan fingerprint density at radius 2 is 1.69 bits per heavy atom. The Morgan fingerprint density at radius 1 is 1.00 bits per heavy atom. The fourth-order valence-electron chi connectivity index (χ4n) is 3.73. The van der Waals surface area contributed by atoms with Crippen LogP contribution >= 0.6 is 0 Å². The SMILES string of the molecule is CC1CC(=O)Nc2ccccc2N1C(=O)CNc1ccccc1-c1ccccc1. The molecule has 0 saturated carbocycles. The van der Waals surface area contributed by atoms with Crippen molar-refractivity contribution in [3.05, 3.63) is 78.9 Å². The molecule has 4 rings (SSSR count). The molecule has 3 aromatic carbocycles. The van der Waals surface area contributed by atoms with Gasteiger partial charge in [-0.25, -0.2) is 0 Å². The number of nitrogens with one attached hydrogen (secondary N) is 2. The summed E-state index contributed by atoms with van der Waals surface area (Å²) in [6.07, 6.45) is 0.265. The molecule has 0 aliphatic carbocycles. The molecule has 29 heavy (non-hydrogen) atoms. The lowest BCUT2D eigenvalue weighted by molar-refractivity contribution is -0.118. The number of carbonyl (C=O) groups excluding carboxylic acids is 2. The minimum atomic E-state index is -0.225. The van der Waals surface area contributed by atoms with E-state index < -0.39 is 0 Å². The Bertz CT molecular complexity index is 1030. The number of anilines is 3. The molecule has 0 saturated heterocycles. The van der Waals surface area contributed by atoms with E-state index in [-0.39, 0.29) is 30.8 Å². The molecule has 1 aliphatic rings. The van der Waals surface area contributed by atoms with Crippen LogP contribution in [0.4, 0.5) is 17.1 Å². The van der Waals surface area contributed by atoms with Crippen molar-refractivity contribution >= 4 is 28.9 Å². The number of rotatable bonds is 4. The number of carbonyl (C=O) groups is 2. The van der Waals surface area contributed by atoms with Crippen LogP contribution in [0.25, 0.3) is 11.1 Å². The van der Waals surface area contributed by atoms with Gasteiger partial charge in [-0.2, -0.15) is 0 Å². The standard InChI is InChI=1S/C24H23N3O2/c1-17-15-23(28)26-21-13-7-8-14-22(21)27(17)24(29)16-25-20-12-6-5-11-19(20)18-9-3-2-4-10-18/h2-14,17,25H,15-16H2,1H3,(H,26,28). The van der Waals surface area contributed by atoms with Crippen molar-refractivity contribution < 1.29 is 9.59 Å². The second kappa shape index (κ2) is 8.19. The number of hydrogen-bond acceptors (Lipinski definition) is 3. The molecule has 1 heterocycles. The van der Waals surface area contributed by atoms with Gasteiger partial charge in [-0.15, -0.1) is 0 Å². The predicted octanol–water partition coefficient (Wildman–Crippen LogP) is 4.53. The zero-order valence-electron chi connectivity index (χ0n) is 16.3. The number of hydrogen-bond donors (Lipinski definition) is 2. The molecule has 0 radical (unpaired) electrons. The van der Waals surface area contributed by atoms with Gasteiger partial charge in [0.15, 0.2) is 0 Å². The molecule has 2 amide bonds.